The lowest BCUT2D eigenvalue weighted by Gasteiger charge is -1.95. The third-order valence-electron chi connectivity index (χ3n) is 0.829. The van der Waals surface area contributed by atoms with Crippen molar-refractivity contribution in [2.75, 3.05) is 0 Å². The topological polar surface area (TPSA) is 34.1 Å². The fourth-order valence-corrected chi connectivity index (χ4v) is 0.527. The molecule has 0 heterocycles. The van der Waals surface area contributed by atoms with E-state index in [0.717, 1.165) is 6.08 Å². The van der Waals surface area contributed by atoms with Gasteiger partial charge in [0.05, 0.1) is 6.08 Å². The first-order valence-electron chi connectivity index (χ1n) is 2.90. The maximum absolute atomic E-state index is 10.5. The zero-order valence-corrected chi connectivity index (χ0v) is 5.68. The molecule has 2 heteroatoms. The second kappa shape index (κ2) is 4.04. The van der Waals surface area contributed by atoms with Crippen LogP contribution in [0.5, 0.6) is 0 Å². The summed E-state index contributed by atoms with van der Waals surface area (Å²) < 4.78 is 0. The molecule has 0 N–H and O–H groups in total. The van der Waals surface area contributed by atoms with Gasteiger partial charge in [0.1, 0.15) is 5.94 Å². The predicted octanol–water partition coefficient (Wildman–Crippen LogP) is 0.989. The lowest BCUT2D eigenvalue weighted by molar-refractivity contribution is -0.115. The van der Waals surface area contributed by atoms with Crippen molar-refractivity contribution in [1.82, 2.24) is 0 Å². The van der Waals surface area contributed by atoms with Crippen LogP contribution in [-0.2, 0) is 9.59 Å². The Hall–Kier alpha value is -0.880. The van der Waals surface area contributed by atoms with Crippen molar-refractivity contribution in [3.8, 4) is 0 Å². The van der Waals surface area contributed by atoms with Crippen LogP contribution in [-0.4, -0.2) is 11.7 Å². The fraction of sp³-hybridized carbons (Fsp3) is 0.571. The summed E-state index contributed by atoms with van der Waals surface area (Å²) in [6, 6.07) is 0. The fourth-order valence-electron chi connectivity index (χ4n) is 0.527. The molecule has 50 valence electrons. The number of ketones is 1. The van der Waals surface area contributed by atoms with Gasteiger partial charge in [-0.1, -0.05) is 13.8 Å². The molecule has 0 aromatic heterocycles. The Kier molecular flexibility index (Phi) is 3.65. The van der Waals surface area contributed by atoms with E-state index in [1.54, 1.807) is 0 Å². The first-order valence-corrected chi connectivity index (χ1v) is 2.90. The zero-order valence-electron chi connectivity index (χ0n) is 5.68. The first kappa shape index (κ1) is 8.12. The van der Waals surface area contributed by atoms with Crippen LogP contribution in [0.2, 0.25) is 0 Å². The van der Waals surface area contributed by atoms with Crippen molar-refractivity contribution in [2.45, 2.75) is 20.3 Å². The van der Waals surface area contributed by atoms with E-state index in [9.17, 15) is 9.59 Å². The van der Waals surface area contributed by atoms with Crippen molar-refractivity contribution in [3.05, 3.63) is 6.08 Å². The quantitative estimate of drug-likeness (QED) is 0.417. The minimum absolute atomic E-state index is 0.139. The van der Waals surface area contributed by atoms with Crippen molar-refractivity contribution >= 4 is 11.7 Å². The Balaban J connectivity index is 3.64. The van der Waals surface area contributed by atoms with Gasteiger partial charge >= 0.3 is 0 Å². The molecular formula is C7H10O2. The standard InChI is InChI=1S/C7H10O2/c1-6(2)5-7(9)3-4-8/h3,6H,5H2,1-2H3. The normalized spacial score (nSPS) is 8.78. The van der Waals surface area contributed by atoms with Gasteiger partial charge in [-0.2, -0.15) is 0 Å². The van der Waals surface area contributed by atoms with Crippen LogP contribution in [0.1, 0.15) is 20.3 Å². The number of hydrogen-bond acceptors (Lipinski definition) is 2. The molecule has 0 aromatic carbocycles. The number of hydrogen-bond donors (Lipinski definition) is 0. The second-order valence-electron chi connectivity index (χ2n) is 2.33. The molecule has 9 heavy (non-hydrogen) atoms. The molecule has 0 atom stereocenters. The summed E-state index contributed by atoms with van der Waals surface area (Å²) >= 11 is 0. The second-order valence-corrected chi connectivity index (χ2v) is 2.33. The molecule has 0 aliphatic rings. The van der Waals surface area contributed by atoms with Gasteiger partial charge in [-0.25, -0.2) is 4.79 Å². The molecule has 0 spiro atoms. The van der Waals surface area contributed by atoms with Gasteiger partial charge in [0, 0.05) is 6.42 Å². The average molecular weight is 126 g/mol. The summed E-state index contributed by atoms with van der Waals surface area (Å²) in [6.07, 6.45) is 1.38. The van der Waals surface area contributed by atoms with Gasteiger partial charge < -0.3 is 0 Å². The zero-order chi connectivity index (χ0) is 7.28. The van der Waals surface area contributed by atoms with Gasteiger partial charge in [0.15, 0.2) is 5.78 Å². The number of carbonyl (C=O) groups excluding carboxylic acids is 2. The summed E-state index contributed by atoms with van der Waals surface area (Å²) in [5.74, 6) is 1.63. The summed E-state index contributed by atoms with van der Waals surface area (Å²) in [6.45, 7) is 3.85. The molecule has 0 aliphatic heterocycles. The molecule has 0 saturated heterocycles. The number of carbonyl (C=O) groups is 1. The average Bonchev–Trinajstić information content (AvgIpc) is 1.63. The van der Waals surface area contributed by atoms with Gasteiger partial charge in [-0.3, -0.25) is 4.79 Å². The predicted molar refractivity (Wildman–Crippen MR) is 34.7 cm³/mol. The van der Waals surface area contributed by atoms with Crippen LogP contribution in [0.3, 0.4) is 0 Å². The largest absolute Gasteiger partial charge is 0.294 e. The van der Waals surface area contributed by atoms with Crippen LogP contribution in [0.4, 0.5) is 0 Å². The van der Waals surface area contributed by atoms with E-state index in [4.69, 9.17) is 0 Å². The smallest absolute Gasteiger partial charge is 0.166 e. The van der Waals surface area contributed by atoms with E-state index >= 15 is 0 Å². The summed E-state index contributed by atoms with van der Waals surface area (Å²) in [7, 11) is 0. The Labute approximate surface area is 54.6 Å². The highest BCUT2D eigenvalue weighted by atomic mass is 16.1. The first-order chi connectivity index (χ1) is 4.16. The van der Waals surface area contributed by atoms with Gasteiger partial charge in [0.2, 0.25) is 0 Å². The molecule has 0 radical (unpaired) electrons. The third kappa shape index (κ3) is 4.98. The van der Waals surface area contributed by atoms with Gasteiger partial charge in [-0.15, -0.1) is 0 Å². The van der Waals surface area contributed by atoms with Crippen molar-refractivity contribution in [2.24, 2.45) is 5.92 Å². The highest BCUT2D eigenvalue weighted by molar-refractivity contribution is 5.95. The molecule has 0 aliphatic carbocycles. The summed E-state index contributed by atoms with van der Waals surface area (Å²) in [4.78, 5) is 20.1. The van der Waals surface area contributed by atoms with Crippen molar-refractivity contribution in [1.29, 1.82) is 0 Å². The van der Waals surface area contributed by atoms with Crippen LogP contribution < -0.4 is 0 Å². The minimum Gasteiger partial charge on any atom is -0.294 e. The van der Waals surface area contributed by atoms with Crippen LogP contribution in [0, 0.1) is 5.92 Å². The third-order valence-corrected chi connectivity index (χ3v) is 0.829. The highest BCUT2D eigenvalue weighted by Gasteiger charge is 1.99. The van der Waals surface area contributed by atoms with Crippen LogP contribution in [0.25, 0.3) is 0 Å². The maximum atomic E-state index is 10.5. The van der Waals surface area contributed by atoms with Gasteiger partial charge in [-0.05, 0) is 5.92 Å². The maximum Gasteiger partial charge on any atom is 0.166 e. The molecule has 2 nitrogen and oxygen atoms in total. The monoisotopic (exact) mass is 126 g/mol. The molecule has 0 fully saturated rings. The molecule has 0 aromatic rings. The number of rotatable bonds is 3. The molecule has 0 rings (SSSR count). The minimum atomic E-state index is -0.139. The Morgan fingerprint density at radius 2 is 2.22 bits per heavy atom. The lowest BCUT2D eigenvalue weighted by atomic mass is 10.1. The molecule has 0 saturated carbocycles. The highest BCUT2D eigenvalue weighted by Crippen LogP contribution is 1.99. The lowest BCUT2D eigenvalue weighted by Crippen LogP contribution is -1.98. The summed E-state index contributed by atoms with van der Waals surface area (Å²) in [5.41, 5.74) is 0. The van der Waals surface area contributed by atoms with E-state index in [0.29, 0.717) is 12.3 Å². The van der Waals surface area contributed by atoms with Crippen LogP contribution in [0.15, 0.2) is 6.08 Å². The molecule has 0 bridgehead atoms. The van der Waals surface area contributed by atoms with E-state index in [-0.39, 0.29) is 5.78 Å². The molecular weight excluding hydrogens is 116 g/mol. The van der Waals surface area contributed by atoms with Crippen LogP contribution >= 0.6 is 0 Å². The summed E-state index contributed by atoms with van der Waals surface area (Å²) in [5, 5.41) is 0. The van der Waals surface area contributed by atoms with Crippen molar-refractivity contribution < 1.29 is 9.59 Å². The van der Waals surface area contributed by atoms with E-state index < -0.39 is 0 Å². The van der Waals surface area contributed by atoms with E-state index in [1.807, 2.05) is 13.8 Å². The Bertz CT molecular complexity index is 141. The van der Waals surface area contributed by atoms with E-state index in [1.165, 1.54) is 5.94 Å². The van der Waals surface area contributed by atoms with Gasteiger partial charge in [0.25, 0.3) is 0 Å². The SMILES string of the molecule is CC(C)CC(=O)C=C=O. The molecule has 0 amide bonds. The van der Waals surface area contributed by atoms with Crippen molar-refractivity contribution in [3.63, 3.8) is 0 Å². The molecule has 0 unspecified atom stereocenters. The Morgan fingerprint density at radius 1 is 1.67 bits per heavy atom. The number of allylic oxidation sites excluding steroid dienone is 1. The Morgan fingerprint density at radius 3 is 2.56 bits per heavy atom. The van der Waals surface area contributed by atoms with E-state index in [2.05, 4.69) is 0 Å².